The van der Waals surface area contributed by atoms with Crippen LogP contribution in [0.4, 0.5) is 18.9 Å². The monoisotopic (exact) mass is 400 g/mol. The molecule has 0 bridgehead atoms. The van der Waals surface area contributed by atoms with E-state index < -0.39 is 11.7 Å². The van der Waals surface area contributed by atoms with Crippen molar-refractivity contribution in [3.63, 3.8) is 0 Å². The van der Waals surface area contributed by atoms with E-state index in [1.807, 2.05) is 11.8 Å². The largest absolute Gasteiger partial charge is 0.416 e. The van der Waals surface area contributed by atoms with Crippen molar-refractivity contribution in [3.05, 3.63) is 29.8 Å². The molecule has 1 unspecified atom stereocenters. The first-order valence-electron chi connectivity index (χ1n) is 9.71. The van der Waals surface area contributed by atoms with Crippen LogP contribution in [0.25, 0.3) is 0 Å². The number of piperidine rings is 1. The molecule has 0 radical (unpaired) electrons. The van der Waals surface area contributed by atoms with Crippen molar-refractivity contribution in [2.24, 2.45) is 5.92 Å². The average Bonchev–Trinajstić information content (AvgIpc) is 2.67. The molecule has 1 N–H and O–H groups in total. The van der Waals surface area contributed by atoms with Crippen molar-refractivity contribution in [1.82, 2.24) is 4.90 Å². The van der Waals surface area contributed by atoms with Crippen LogP contribution in [0.15, 0.2) is 24.3 Å². The van der Waals surface area contributed by atoms with E-state index in [-0.39, 0.29) is 5.91 Å². The first-order chi connectivity index (χ1) is 12.9. The van der Waals surface area contributed by atoms with Gasteiger partial charge >= 0.3 is 6.18 Å². The Morgan fingerprint density at radius 2 is 1.85 bits per heavy atom. The summed E-state index contributed by atoms with van der Waals surface area (Å²) >= 11 is 2.04. The molecular formula is C20H27F3N2OS. The van der Waals surface area contributed by atoms with E-state index >= 15 is 0 Å². The number of nitrogens with one attached hydrogen (secondary N) is 1. The van der Waals surface area contributed by atoms with Crippen LogP contribution in [0, 0.1) is 5.92 Å². The minimum Gasteiger partial charge on any atom is -0.326 e. The molecule has 1 aromatic carbocycles. The number of carbonyl (C=O) groups is 1. The van der Waals surface area contributed by atoms with Gasteiger partial charge in [-0.1, -0.05) is 0 Å². The summed E-state index contributed by atoms with van der Waals surface area (Å²) in [4.78, 5) is 14.8. The van der Waals surface area contributed by atoms with Crippen LogP contribution >= 0.6 is 11.8 Å². The minimum absolute atomic E-state index is 0.124. The third-order valence-electron chi connectivity index (χ3n) is 5.53. The Hall–Kier alpha value is -1.21. The fraction of sp³-hybridized carbons (Fsp3) is 0.650. The number of hydrogen-bond acceptors (Lipinski definition) is 3. The number of nitrogens with zero attached hydrogens (tertiary/aromatic N) is 1. The molecule has 2 aliphatic heterocycles. The second-order valence-electron chi connectivity index (χ2n) is 7.51. The number of thioether (sulfide) groups is 1. The molecule has 27 heavy (non-hydrogen) atoms. The summed E-state index contributed by atoms with van der Waals surface area (Å²) in [6.45, 7) is 2.24. The van der Waals surface area contributed by atoms with Crippen LogP contribution in [0.2, 0.25) is 0 Å². The summed E-state index contributed by atoms with van der Waals surface area (Å²) in [5, 5.41) is 2.71. The molecule has 0 aromatic heterocycles. The van der Waals surface area contributed by atoms with Gasteiger partial charge in [-0.15, -0.1) is 0 Å². The van der Waals surface area contributed by atoms with Crippen LogP contribution in [0.1, 0.15) is 44.1 Å². The normalized spacial score (nSPS) is 22.6. The molecule has 0 aliphatic carbocycles. The van der Waals surface area contributed by atoms with Crippen LogP contribution in [-0.4, -0.2) is 41.4 Å². The minimum atomic E-state index is -4.35. The molecular weight excluding hydrogens is 373 g/mol. The summed E-state index contributed by atoms with van der Waals surface area (Å²) in [7, 11) is 0. The molecule has 3 nitrogen and oxygen atoms in total. The van der Waals surface area contributed by atoms with Gasteiger partial charge in [-0.3, -0.25) is 4.79 Å². The van der Waals surface area contributed by atoms with Crippen LogP contribution in [0.3, 0.4) is 0 Å². The van der Waals surface area contributed by atoms with E-state index in [0.29, 0.717) is 24.1 Å². The third-order valence-corrected chi connectivity index (χ3v) is 6.58. The lowest BCUT2D eigenvalue weighted by Gasteiger charge is -2.40. The standard InChI is InChI=1S/C20H27F3N2OS/c21-20(22,23)16-4-6-17(7-5-16)24-19(26)8-3-15-2-1-11-25(14-15)18-9-12-27-13-10-18/h4-7,15,18H,1-3,8-14H2,(H,24,26). The topological polar surface area (TPSA) is 32.3 Å². The molecule has 2 heterocycles. The summed E-state index contributed by atoms with van der Waals surface area (Å²) in [6, 6.07) is 5.32. The Morgan fingerprint density at radius 3 is 2.52 bits per heavy atom. The Morgan fingerprint density at radius 1 is 1.15 bits per heavy atom. The van der Waals surface area contributed by atoms with Crippen molar-refractivity contribution in [3.8, 4) is 0 Å². The highest BCUT2D eigenvalue weighted by molar-refractivity contribution is 7.99. The van der Waals surface area contributed by atoms with E-state index in [4.69, 9.17) is 0 Å². The lowest BCUT2D eigenvalue weighted by molar-refractivity contribution is -0.137. The zero-order chi connectivity index (χ0) is 19.3. The predicted molar refractivity (Wildman–Crippen MR) is 104 cm³/mol. The van der Waals surface area contributed by atoms with Gasteiger partial charge in [0.2, 0.25) is 5.91 Å². The Kier molecular flexibility index (Phi) is 7.09. The first kappa shape index (κ1) is 20.5. The maximum absolute atomic E-state index is 12.6. The van der Waals surface area contributed by atoms with Crippen molar-refractivity contribution in [2.75, 3.05) is 29.9 Å². The number of alkyl halides is 3. The second-order valence-corrected chi connectivity index (χ2v) is 8.73. The molecule has 150 valence electrons. The number of anilines is 1. The molecule has 2 aliphatic rings. The summed E-state index contributed by atoms with van der Waals surface area (Å²) in [5.74, 6) is 2.91. The maximum atomic E-state index is 12.6. The summed E-state index contributed by atoms with van der Waals surface area (Å²) < 4.78 is 37.7. The van der Waals surface area contributed by atoms with Crippen molar-refractivity contribution in [2.45, 2.75) is 50.7 Å². The highest BCUT2D eigenvalue weighted by Gasteiger charge is 2.30. The van der Waals surface area contributed by atoms with Gasteiger partial charge in [0.1, 0.15) is 0 Å². The van der Waals surface area contributed by atoms with Gasteiger partial charge in [0.15, 0.2) is 0 Å². The maximum Gasteiger partial charge on any atom is 0.416 e. The zero-order valence-electron chi connectivity index (χ0n) is 15.4. The number of hydrogen-bond donors (Lipinski definition) is 1. The van der Waals surface area contributed by atoms with Gasteiger partial charge in [-0.05, 0) is 80.3 Å². The number of carbonyl (C=O) groups excluding carboxylic acids is 1. The Labute approximate surface area is 163 Å². The molecule has 1 amide bonds. The van der Waals surface area contributed by atoms with E-state index in [1.165, 1.54) is 49.4 Å². The van der Waals surface area contributed by atoms with Crippen molar-refractivity contribution >= 4 is 23.4 Å². The SMILES string of the molecule is O=C(CCC1CCCN(C2CCSCC2)C1)Nc1ccc(C(F)(F)F)cc1. The third kappa shape index (κ3) is 6.14. The summed E-state index contributed by atoms with van der Waals surface area (Å²) in [5.41, 5.74) is -0.290. The van der Waals surface area contributed by atoms with Crippen molar-refractivity contribution in [1.29, 1.82) is 0 Å². The molecule has 1 atom stereocenters. The van der Waals surface area contributed by atoms with Crippen LogP contribution < -0.4 is 5.32 Å². The van der Waals surface area contributed by atoms with Gasteiger partial charge in [-0.2, -0.15) is 24.9 Å². The average molecular weight is 401 g/mol. The van der Waals surface area contributed by atoms with Gasteiger partial charge in [0, 0.05) is 24.7 Å². The van der Waals surface area contributed by atoms with E-state index in [9.17, 15) is 18.0 Å². The molecule has 1 aromatic rings. The zero-order valence-corrected chi connectivity index (χ0v) is 16.2. The van der Waals surface area contributed by atoms with Crippen molar-refractivity contribution < 1.29 is 18.0 Å². The number of halogens is 3. The number of benzene rings is 1. The van der Waals surface area contributed by atoms with Gasteiger partial charge in [0.25, 0.3) is 0 Å². The Bertz CT molecular complexity index is 615. The highest BCUT2D eigenvalue weighted by atomic mass is 32.2. The van der Waals surface area contributed by atoms with Crippen LogP contribution in [-0.2, 0) is 11.0 Å². The summed E-state index contributed by atoms with van der Waals surface area (Å²) in [6.07, 6.45) is 1.79. The lowest BCUT2D eigenvalue weighted by Crippen LogP contribution is -2.44. The smallest absolute Gasteiger partial charge is 0.326 e. The van der Waals surface area contributed by atoms with E-state index in [2.05, 4.69) is 10.2 Å². The molecule has 2 fully saturated rings. The number of amides is 1. The van der Waals surface area contributed by atoms with Gasteiger partial charge in [-0.25, -0.2) is 0 Å². The quantitative estimate of drug-likeness (QED) is 0.752. The number of rotatable bonds is 5. The second kappa shape index (κ2) is 9.32. The first-order valence-corrected chi connectivity index (χ1v) is 10.9. The van der Waals surface area contributed by atoms with E-state index in [1.54, 1.807) is 0 Å². The fourth-order valence-electron chi connectivity index (χ4n) is 4.02. The highest BCUT2D eigenvalue weighted by Crippen LogP contribution is 2.30. The van der Waals surface area contributed by atoms with Gasteiger partial charge in [0.05, 0.1) is 5.56 Å². The molecule has 0 saturated carbocycles. The van der Waals surface area contributed by atoms with E-state index in [0.717, 1.165) is 31.5 Å². The molecule has 0 spiro atoms. The van der Waals surface area contributed by atoms with Gasteiger partial charge < -0.3 is 10.2 Å². The van der Waals surface area contributed by atoms with Crippen LogP contribution in [0.5, 0.6) is 0 Å². The number of likely N-dealkylation sites (tertiary alicyclic amines) is 1. The molecule has 2 saturated heterocycles. The predicted octanol–water partition coefficient (Wildman–Crippen LogP) is 5.03. The molecule has 3 rings (SSSR count). The fourth-order valence-corrected chi connectivity index (χ4v) is 5.10. The molecule has 7 heteroatoms. The lowest BCUT2D eigenvalue weighted by atomic mass is 9.91. The Balaban J connectivity index is 1.43.